The third-order valence-corrected chi connectivity index (χ3v) is 5.82. The lowest BCUT2D eigenvalue weighted by Crippen LogP contribution is -2.35. The monoisotopic (exact) mass is 487 g/mol. The summed E-state index contributed by atoms with van der Waals surface area (Å²) in [6, 6.07) is 6.08. The fraction of sp³-hybridized carbons (Fsp3) is 0.458. The fourth-order valence-electron chi connectivity index (χ4n) is 3.84. The fourth-order valence-corrected chi connectivity index (χ4v) is 3.84. The Bertz CT molecular complexity index is 978. The van der Waals surface area contributed by atoms with Crippen LogP contribution in [0, 0.1) is 5.41 Å². The van der Waals surface area contributed by atoms with Crippen LogP contribution in [0.5, 0.6) is 0 Å². The van der Waals surface area contributed by atoms with Crippen LogP contribution in [0.25, 0.3) is 11.3 Å². The maximum Gasteiger partial charge on any atom is 0.433 e. The van der Waals surface area contributed by atoms with Crippen molar-refractivity contribution in [3.8, 4) is 11.3 Å². The van der Waals surface area contributed by atoms with Crippen LogP contribution in [-0.2, 0) is 12.4 Å². The Balaban J connectivity index is 1.62. The quantitative estimate of drug-likeness (QED) is 0.253. The van der Waals surface area contributed by atoms with Gasteiger partial charge in [-0.2, -0.15) is 26.3 Å². The summed E-state index contributed by atoms with van der Waals surface area (Å²) in [5.74, 6) is 0. The predicted octanol–water partition coefficient (Wildman–Crippen LogP) is 5.36. The van der Waals surface area contributed by atoms with Crippen LogP contribution in [-0.4, -0.2) is 36.3 Å². The highest BCUT2D eigenvalue weighted by atomic mass is 19.4. The van der Waals surface area contributed by atoms with Gasteiger partial charge in [0.05, 0.1) is 17.4 Å². The molecule has 10 heteroatoms. The number of aliphatic hydroxyl groups excluding tert-OH is 1. The zero-order chi connectivity index (χ0) is 25.0. The van der Waals surface area contributed by atoms with Crippen LogP contribution in [0.4, 0.5) is 26.3 Å². The lowest BCUT2D eigenvalue weighted by atomic mass is 9.88. The smallest absolute Gasteiger partial charge is 0.387 e. The van der Waals surface area contributed by atoms with E-state index in [1.54, 1.807) is 0 Å². The molecule has 1 heterocycles. The van der Waals surface area contributed by atoms with Gasteiger partial charge < -0.3 is 15.7 Å². The first kappa shape index (κ1) is 26.2. The normalized spacial score (nSPS) is 16.7. The predicted molar refractivity (Wildman–Crippen MR) is 117 cm³/mol. The van der Waals surface area contributed by atoms with Gasteiger partial charge in [-0.1, -0.05) is 37.3 Å². The summed E-state index contributed by atoms with van der Waals surface area (Å²) in [7, 11) is 0. The number of rotatable bonds is 9. The molecule has 0 aliphatic heterocycles. The van der Waals surface area contributed by atoms with Crippen molar-refractivity contribution < 1.29 is 31.4 Å². The zero-order valence-corrected chi connectivity index (χ0v) is 18.6. The molecular weight excluding hydrogens is 460 g/mol. The Kier molecular flexibility index (Phi) is 8.05. The van der Waals surface area contributed by atoms with Crippen molar-refractivity contribution in [2.75, 3.05) is 26.2 Å². The van der Waals surface area contributed by atoms with Gasteiger partial charge in [0.25, 0.3) is 0 Å². The van der Waals surface area contributed by atoms with Crippen LogP contribution in [0.15, 0.2) is 48.6 Å². The first-order chi connectivity index (χ1) is 15.9. The van der Waals surface area contributed by atoms with E-state index in [0.717, 1.165) is 49.7 Å². The van der Waals surface area contributed by atoms with Crippen LogP contribution in [0.1, 0.15) is 42.7 Å². The molecule has 0 spiro atoms. The maximum absolute atomic E-state index is 13.6. The average molecular weight is 487 g/mol. The summed E-state index contributed by atoms with van der Waals surface area (Å²) in [5, 5.41) is 16.6. The SMILES string of the molecule is CC1(CNCCNC[C@@H](O)c2ccc(-c3ccc(C(F)(F)F)cc3)nc2C(F)(F)F)CC=CC1. The van der Waals surface area contributed by atoms with E-state index in [-0.39, 0.29) is 23.2 Å². The molecule has 186 valence electrons. The molecular formula is C24H27F6N3O. The number of alkyl halides is 6. The molecule has 1 aliphatic carbocycles. The average Bonchev–Trinajstić information content (AvgIpc) is 3.21. The van der Waals surface area contributed by atoms with Gasteiger partial charge in [-0.25, -0.2) is 4.98 Å². The van der Waals surface area contributed by atoms with Crippen LogP contribution < -0.4 is 10.6 Å². The minimum Gasteiger partial charge on any atom is -0.387 e. The summed E-state index contributed by atoms with van der Waals surface area (Å²) in [4.78, 5) is 3.62. The molecule has 0 saturated carbocycles. The minimum absolute atomic E-state index is 0.106. The molecule has 3 N–H and O–H groups in total. The van der Waals surface area contributed by atoms with E-state index in [1.807, 2.05) is 0 Å². The molecule has 3 rings (SSSR count). The summed E-state index contributed by atoms with van der Waals surface area (Å²) in [6.07, 6.45) is -4.56. The number of nitrogens with zero attached hydrogens (tertiary/aromatic N) is 1. The highest BCUT2D eigenvalue weighted by Crippen LogP contribution is 2.36. The van der Waals surface area contributed by atoms with Gasteiger partial charge in [-0.3, -0.25) is 0 Å². The molecule has 0 radical (unpaired) electrons. The van der Waals surface area contributed by atoms with Crippen molar-refractivity contribution in [1.29, 1.82) is 0 Å². The second-order valence-electron chi connectivity index (χ2n) is 8.79. The highest BCUT2D eigenvalue weighted by Gasteiger charge is 2.37. The van der Waals surface area contributed by atoms with Crippen LogP contribution in [0.3, 0.4) is 0 Å². The van der Waals surface area contributed by atoms with E-state index in [4.69, 9.17) is 0 Å². The Morgan fingerprint density at radius 2 is 1.53 bits per heavy atom. The van der Waals surface area contributed by atoms with Crippen molar-refractivity contribution in [2.24, 2.45) is 5.41 Å². The lowest BCUT2D eigenvalue weighted by molar-refractivity contribution is -0.142. The number of hydrogen-bond donors (Lipinski definition) is 3. The molecule has 2 aromatic rings. The lowest BCUT2D eigenvalue weighted by Gasteiger charge is -2.24. The van der Waals surface area contributed by atoms with Crippen molar-refractivity contribution >= 4 is 0 Å². The Labute approximate surface area is 194 Å². The summed E-state index contributed by atoms with van der Waals surface area (Å²) in [5.41, 5.74) is -2.42. The van der Waals surface area contributed by atoms with E-state index in [2.05, 4.69) is 34.7 Å². The number of pyridine rings is 1. The molecule has 34 heavy (non-hydrogen) atoms. The highest BCUT2D eigenvalue weighted by molar-refractivity contribution is 5.60. The second-order valence-corrected chi connectivity index (χ2v) is 8.79. The van der Waals surface area contributed by atoms with Gasteiger partial charge in [0.2, 0.25) is 0 Å². The largest absolute Gasteiger partial charge is 0.433 e. The third-order valence-electron chi connectivity index (χ3n) is 5.82. The molecule has 4 nitrogen and oxygen atoms in total. The topological polar surface area (TPSA) is 57.2 Å². The van der Waals surface area contributed by atoms with E-state index in [1.165, 1.54) is 6.07 Å². The standard InChI is InChI=1S/C24H27F6N3O/c1-22(10-2-3-11-22)15-32-13-12-31-14-20(34)18-8-9-19(33-21(18)24(28,29)30)16-4-6-17(7-5-16)23(25,26)27/h2-9,20,31-32,34H,10-15H2,1H3/t20-/m1/s1. The number of halogens is 6. The van der Waals surface area contributed by atoms with E-state index in [9.17, 15) is 31.4 Å². The van der Waals surface area contributed by atoms with E-state index < -0.39 is 35.3 Å². The van der Waals surface area contributed by atoms with Gasteiger partial charge in [0.1, 0.15) is 0 Å². The molecule has 1 aromatic carbocycles. The molecule has 0 unspecified atom stereocenters. The van der Waals surface area contributed by atoms with Crippen LogP contribution in [0.2, 0.25) is 0 Å². The number of aromatic nitrogens is 1. The minimum atomic E-state index is -4.84. The van der Waals surface area contributed by atoms with Gasteiger partial charge in [0, 0.05) is 37.3 Å². The second kappa shape index (κ2) is 10.5. The van der Waals surface area contributed by atoms with Crippen molar-refractivity contribution in [3.63, 3.8) is 0 Å². The van der Waals surface area contributed by atoms with Gasteiger partial charge in [-0.05, 0) is 36.5 Å². The summed E-state index contributed by atoms with van der Waals surface area (Å²) < 4.78 is 79.1. The first-order valence-corrected chi connectivity index (χ1v) is 10.9. The molecule has 1 aliphatic rings. The van der Waals surface area contributed by atoms with Gasteiger partial charge in [0.15, 0.2) is 5.69 Å². The summed E-state index contributed by atoms with van der Waals surface area (Å²) in [6.45, 7) is 3.94. The van der Waals surface area contributed by atoms with Gasteiger partial charge >= 0.3 is 12.4 Å². The number of nitrogens with one attached hydrogen (secondary N) is 2. The molecule has 0 amide bonds. The Morgan fingerprint density at radius 1 is 0.912 bits per heavy atom. The Hall–Kier alpha value is -2.43. The van der Waals surface area contributed by atoms with Crippen LogP contribution >= 0.6 is 0 Å². The summed E-state index contributed by atoms with van der Waals surface area (Å²) >= 11 is 0. The number of benzene rings is 1. The zero-order valence-electron chi connectivity index (χ0n) is 18.6. The van der Waals surface area contributed by atoms with Crippen molar-refractivity contribution in [3.05, 3.63) is 65.4 Å². The molecule has 0 saturated heterocycles. The Morgan fingerprint density at radius 3 is 2.12 bits per heavy atom. The molecule has 0 fully saturated rings. The number of hydrogen-bond acceptors (Lipinski definition) is 4. The number of allylic oxidation sites excluding steroid dienone is 2. The molecule has 1 atom stereocenters. The maximum atomic E-state index is 13.6. The van der Waals surface area contributed by atoms with E-state index >= 15 is 0 Å². The first-order valence-electron chi connectivity index (χ1n) is 10.9. The van der Waals surface area contributed by atoms with Crippen molar-refractivity contribution in [2.45, 2.75) is 38.2 Å². The van der Waals surface area contributed by atoms with Crippen molar-refractivity contribution in [1.82, 2.24) is 15.6 Å². The molecule has 0 bridgehead atoms. The van der Waals surface area contributed by atoms with Gasteiger partial charge in [-0.15, -0.1) is 0 Å². The van der Waals surface area contributed by atoms with E-state index in [0.29, 0.717) is 13.1 Å². The number of aliphatic hydroxyl groups is 1. The third kappa shape index (κ3) is 6.80. The molecule has 1 aromatic heterocycles.